The molecule has 0 aromatic rings. The van der Waals surface area contributed by atoms with E-state index in [2.05, 4.69) is 5.32 Å². The van der Waals surface area contributed by atoms with Crippen LogP contribution in [0.5, 0.6) is 0 Å². The maximum Gasteiger partial charge on any atom is 0.218 e. The summed E-state index contributed by atoms with van der Waals surface area (Å²) in [7, 11) is -3.15. The summed E-state index contributed by atoms with van der Waals surface area (Å²) in [5.74, 6) is 0.101. The van der Waals surface area contributed by atoms with Crippen molar-refractivity contribution in [3.05, 3.63) is 0 Å². The standard InChI is InChI=1S/C10H20N2O3S/c1-8(13)9-3-5-12(7-9)16(14,15)10-2-4-11-6-10/h8-11,13H,2-7H2,1H3. The largest absolute Gasteiger partial charge is 0.393 e. The van der Waals surface area contributed by atoms with E-state index in [1.54, 1.807) is 11.2 Å². The topological polar surface area (TPSA) is 69.6 Å². The summed E-state index contributed by atoms with van der Waals surface area (Å²) in [4.78, 5) is 0. The van der Waals surface area contributed by atoms with Gasteiger partial charge in [0, 0.05) is 19.6 Å². The fourth-order valence-corrected chi connectivity index (χ4v) is 4.40. The lowest BCUT2D eigenvalue weighted by atomic mass is 10.0. The van der Waals surface area contributed by atoms with Crippen molar-refractivity contribution in [2.75, 3.05) is 26.2 Å². The third-order valence-electron chi connectivity index (χ3n) is 3.67. The molecular weight excluding hydrogens is 228 g/mol. The maximum absolute atomic E-state index is 12.2. The van der Waals surface area contributed by atoms with Crippen LogP contribution in [0.2, 0.25) is 0 Å². The summed E-state index contributed by atoms with van der Waals surface area (Å²) in [6.07, 6.45) is 1.07. The first-order valence-electron chi connectivity index (χ1n) is 5.89. The normalized spacial score (nSPS) is 34.4. The van der Waals surface area contributed by atoms with E-state index < -0.39 is 16.1 Å². The Balaban J connectivity index is 2.02. The molecule has 0 amide bonds. The number of rotatable bonds is 3. The number of hydrogen-bond donors (Lipinski definition) is 2. The number of aliphatic hydroxyl groups is 1. The quantitative estimate of drug-likeness (QED) is 0.698. The average Bonchev–Trinajstić information content (AvgIpc) is 2.90. The van der Waals surface area contributed by atoms with Crippen LogP contribution in [-0.4, -0.2) is 55.4 Å². The summed E-state index contributed by atoms with van der Waals surface area (Å²) in [5.41, 5.74) is 0. The molecule has 0 saturated carbocycles. The third-order valence-corrected chi connectivity index (χ3v) is 5.96. The van der Waals surface area contributed by atoms with Gasteiger partial charge in [0.2, 0.25) is 10.0 Å². The Morgan fingerprint density at radius 1 is 1.44 bits per heavy atom. The van der Waals surface area contributed by atoms with Crippen LogP contribution in [0.4, 0.5) is 0 Å². The number of aliphatic hydroxyl groups excluding tert-OH is 1. The van der Waals surface area contributed by atoms with Crippen LogP contribution < -0.4 is 5.32 Å². The first-order chi connectivity index (χ1) is 7.51. The number of nitrogens with zero attached hydrogens (tertiary/aromatic N) is 1. The second-order valence-corrected chi connectivity index (χ2v) is 7.02. The second kappa shape index (κ2) is 4.60. The van der Waals surface area contributed by atoms with Gasteiger partial charge in [0.1, 0.15) is 0 Å². The van der Waals surface area contributed by atoms with Gasteiger partial charge in [0.15, 0.2) is 0 Å². The van der Waals surface area contributed by atoms with Gasteiger partial charge in [-0.1, -0.05) is 0 Å². The summed E-state index contributed by atoms with van der Waals surface area (Å²) in [5, 5.41) is 12.3. The molecular formula is C10H20N2O3S. The maximum atomic E-state index is 12.2. The molecule has 2 aliphatic heterocycles. The van der Waals surface area contributed by atoms with E-state index in [-0.39, 0.29) is 11.2 Å². The molecule has 2 heterocycles. The monoisotopic (exact) mass is 248 g/mol. The molecule has 2 N–H and O–H groups in total. The SMILES string of the molecule is CC(O)C1CCN(S(=O)(=O)C2CCNC2)C1. The lowest BCUT2D eigenvalue weighted by Crippen LogP contribution is -2.39. The fourth-order valence-electron chi connectivity index (χ4n) is 2.47. The molecule has 6 heteroatoms. The fraction of sp³-hybridized carbons (Fsp3) is 1.00. The van der Waals surface area contributed by atoms with Crippen molar-refractivity contribution in [3.63, 3.8) is 0 Å². The number of hydrogen-bond acceptors (Lipinski definition) is 4. The molecule has 16 heavy (non-hydrogen) atoms. The molecule has 0 aromatic carbocycles. The molecule has 0 aliphatic carbocycles. The van der Waals surface area contributed by atoms with E-state index in [4.69, 9.17) is 0 Å². The van der Waals surface area contributed by atoms with Gasteiger partial charge in [-0.25, -0.2) is 12.7 Å². The molecule has 0 bridgehead atoms. The summed E-state index contributed by atoms with van der Waals surface area (Å²) in [6.45, 7) is 4.14. The average molecular weight is 248 g/mol. The van der Waals surface area contributed by atoms with E-state index in [9.17, 15) is 13.5 Å². The predicted octanol–water partition coefficient (Wildman–Crippen LogP) is -0.619. The van der Waals surface area contributed by atoms with Gasteiger partial charge in [-0.3, -0.25) is 0 Å². The Labute approximate surface area is 96.9 Å². The van der Waals surface area contributed by atoms with Crippen molar-refractivity contribution < 1.29 is 13.5 Å². The first-order valence-corrected chi connectivity index (χ1v) is 7.40. The molecule has 0 spiro atoms. The zero-order valence-electron chi connectivity index (χ0n) is 9.59. The van der Waals surface area contributed by atoms with Crippen LogP contribution >= 0.6 is 0 Å². The number of nitrogens with one attached hydrogen (secondary N) is 1. The van der Waals surface area contributed by atoms with Crippen molar-refractivity contribution in [2.45, 2.75) is 31.1 Å². The van der Waals surface area contributed by atoms with Gasteiger partial charge in [-0.05, 0) is 32.2 Å². The first kappa shape index (κ1) is 12.3. The molecule has 0 aromatic heterocycles. The second-order valence-electron chi connectivity index (χ2n) is 4.81. The van der Waals surface area contributed by atoms with Crippen molar-refractivity contribution in [3.8, 4) is 0 Å². The van der Waals surface area contributed by atoms with E-state index >= 15 is 0 Å². The van der Waals surface area contributed by atoms with Crippen LogP contribution in [0.15, 0.2) is 0 Å². The van der Waals surface area contributed by atoms with Crippen LogP contribution in [-0.2, 0) is 10.0 Å². The highest BCUT2D eigenvalue weighted by Crippen LogP contribution is 2.25. The highest BCUT2D eigenvalue weighted by molar-refractivity contribution is 7.89. The zero-order valence-corrected chi connectivity index (χ0v) is 10.4. The van der Waals surface area contributed by atoms with Gasteiger partial charge in [-0.2, -0.15) is 0 Å². The summed E-state index contributed by atoms with van der Waals surface area (Å²) >= 11 is 0. The van der Waals surface area contributed by atoms with Gasteiger partial charge in [0.25, 0.3) is 0 Å². The molecule has 2 saturated heterocycles. The van der Waals surface area contributed by atoms with E-state index in [0.717, 1.165) is 13.0 Å². The molecule has 3 atom stereocenters. The third kappa shape index (κ3) is 2.25. The summed E-state index contributed by atoms with van der Waals surface area (Å²) in [6, 6.07) is 0. The Kier molecular flexibility index (Phi) is 3.53. The summed E-state index contributed by atoms with van der Waals surface area (Å²) < 4.78 is 26.0. The minimum Gasteiger partial charge on any atom is -0.393 e. The highest BCUT2D eigenvalue weighted by Gasteiger charge is 2.39. The minimum atomic E-state index is -3.15. The number of sulfonamides is 1. The van der Waals surface area contributed by atoms with Gasteiger partial charge >= 0.3 is 0 Å². The van der Waals surface area contributed by atoms with E-state index in [1.807, 2.05) is 0 Å². The van der Waals surface area contributed by atoms with Gasteiger partial charge in [0.05, 0.1) is 11.4 Å². The smallest absolute Gasteiger partial charge is 0.218 e. The molecule has 5 nitrogen and oxygen atoms in total. The predicted molar refractivity (Wildman–Crippen MR) is 61.6 cm³/mol. The zero-order chi connectivity index (χ0) is 11.8. The Morgan fingerprint density at radius 2 is 2.19 bits per heavy atom. The Hall–Kier alpha value is -0.170. The van der Waals surface area contributed by atoms with Crippen molar-refractivity contribution >= 4 is 10.0 Å². The molecule has 2 rings (SSSR count). The highest BCUT2D eigenvalue weighted by atomic mass is 32.2. The lowest BCUT2D eigenvalue weighted by molar-refractivity contribution is 0.133. The Morgan fingerprint density at radius 3 is 2.69 bits per heavy atom. The van der Waals surface area contributed by atoms with Crippen molar-refractivity contribution in [1.29, 1.82) is 0 Å². The van der Waals surface area contributed by atoms with Crippen molar-refractivity contribution in [2.24, 2.45) is 5.92 Å². The Bertz CT molecular complexity index is 336. The van der Waals surface area contributed by atoms with Crippen LogP contribution in [0.1, 0.15) is 19.8 Å². The molecule has 2 fully saturated rings. The van der Waals surface area contributed by atoms with Crippen LogP contribution in [0, 0.1) is 5.92 Å². The van der Waals surface area contributed by atoms with Gasteiger partial charge < -0.3 is 10.4 Å². The van der Waals surface area contributed by atoms with Gasteiger partial charge in [-0.15, -0.1) is 0 Å². The molecule has 94 valence electrons. The lowest BCUT2D eigenvalue weighted by Gasteiger charge is -2.21. The van der Waals surface area contributed by atoms with E-state index in [1.165, 1.54) is 0 Å². The van der Waals surface area contributed by atoms with E-state index in [0.29, 0.717) is 26.1 Å². The minimum absolute atomic E-state index is 0.101. The molecule has 3 unspecified atom stereocenters. The van der Waals surface area contributed by atoms with Crippen LogP contribution in [0.25, 0.3) is 0 Å². The molecule has 0 radical (unpaired) electrons. The van der Waals surface area contributed by atoms with Crippen molar-refractivity contribution in [1.82, 2.24) is 9.62 Å². The van der Waals surface area contributed by atoms with Crippen LogP contribution in [0.3, 0.4) is 0 Å². The molecule has 2 aliphatic rings.